The van der Waals surface area contributed by atoms with Gasteiger partial charge in [-0.15, -0.1) is 0 Å². The maximum absolute atomic E-state index is 11.2. The third-order valence-corrected chi connectivity index (χ3v) is 3.35. The zero-order chi connectivity index (χ0) is 13.9. The first-order valence-electron chi connectivity index (χ1n) is 6.56. The lowest BCUT2D eigenvalue weighted by molar-refractivity contribution is -0.143. The molecule has 0 bridgehead atoms. The van der Waals surface area contributed by atoms with Gasteiger partial charge in [-0.1, -0.05) is 32.6 Å². The normalized spacial score (nSPS) is 10.8. The smallest absolute Gasteiger partial charge is 0.305 e. The van der Waals surface area contributed by atoms with E-state index in [1.54, 1.807) is 0 Å². The van der Waals surface area contributed by atoms with Gasteiger partial charge in [0.05, 0.1) is 12.4 Å². The minimum absolute atomic E-state index is 0. The molecule has 0 amide bonds. The third kappa shape index (κ3) is 17.3. The van der Waals surface area contributed by atoms with Gasteiger partial charge in [0.2, 0.25) is 0 Å². The number of ether oxygens (including phenoxy) is 1. The van der Waals surface area contributed by atoms with Gasteiger partial charge < -0.3 is 10.9 Å². The molecule has 0 saturated carbocycles. The van der Waals surface area contributed by atoms with Crippen LogP contribution in [0.25, 0.3) is 0 Å². The third-order valence-electron chi connectivity index (χ3n) is 2.54. The van der Waals surface area contributed by atoms with Crippen molar-refractivity contribution in [2.24, 2.45) is 0 Å². The molecule has 0 saturated heterocycles. The van der Waals surface area contributed by atoms with Crippen molar-refractivity contribution in [1.29, 1.82) is 0 Å². The van der Waals surface area contributed by atoms with Crippen LogP contribution in [0.4, 0.5) is 0 Å². The Kier molecular flexibility index (Phi) is 13.5. The summed E-state index contributed by atoms with van der Waals surface area (Å²) in [5, 5.41) is 0. The Morgan fingerprint density at radius 1 is 1.05 bits per heavy atom. The maximum atomic E-state index is 11.2. The van der Waals surface area contributed by atoms with Gasteiger partial charge in [-0.25, -0.2) is 0 Å². The second-order valence-electron chi connectivity index (χ2n) is 4.38. The van der Waals surface area contributed by atoms with Crippen molar-refractivity contribution in [3.8, 4) is 0 Å². The Labute approximate surface area is 116 Å². The Hall–Kier alpha value is -0.660. The van der Waals surface area contributed by atoms with Crippen molar-refractivity contribution in [2.75, 3.05) is 12.4 Å². The molecule has 0 aliphatic heterocycles. The van der Waals surface area contributed by atoms with Gasteiger partial charge in [0, 0.05) is 6.42 Å². The number of hydrogen-bond acceptors (Lipinski definition) is 5. The molecule has 7 heteroatoms. The monoisotopic (exact) mass is 297 g/mol. The number of carbonyl (C=O) groups is 1. The molecule has 0 heterocycles. The highest BCUT2D eigenvalue weighted by atomic mass is 32.2. The Morgan fingerprint density at radius 3 is 2.26 bits per heavy atom. The lowest BCUT2D eigenvalue weighted by Gasteiger charge is -2.04. The summed E-state index contributed by atoms with van der Waals surface area (Å²) in [6.45, 7) is 2.37. The number of rotatable bonds is 11. The van der Waals surface area contributed by atoms with Crippen molar-refractivity contribution in [1.82, 2.24) is 6.15 Å². The fourth-order valence-electron chi connectivity index (χ4n) is 1.52. The lowest BCUT2D eigenvalue weighted by Crippen LogP contribution is -2.08. The van der Waals surface area contributed by atoms with Crippen molar-refractivity contribution < 1.29 is 22.5 Å². The highest BCUT2D eigenvalue weighted by molar-refractivity contribution is 7.85. The maximum Gasteiger partial charge on any atom is 0.305 e. The zero-order valence-corrected chi connectivity index (χ0v) is 12.6. The molecule has 0 aliphatic rings. The summed E-state index contributed by atoms with van der Waals surface area (Å²) in [4.78, 5) is 11.2. The first-order valence-corrected chi connectivity index (χ1v) is 8.17. The van der Waals surface area contributed by atoms with Gasteiger partial charge >= 0.3 is 5.97 Å². The number of carbonyl (C=O) groups excluding carboxylic acids is 1. The Morgan fingerprint density at radius 2 is 1.68 bits per heavy atom. The van der Waals surface area contributed by atoms with E-state index in [9.17, 15) is 13.2 Å². The van der Waals surface area contributed by atoms with E-state index in [2.05, 4.69) is 6.92 Å². The molecule has 0 aromatic rings. The van der Waals surface area contributed by atoms with Crippen LogP contribution in [-0.4, -0.2) is 31.3 Å². The number of unbranched alkanes of at least 4 members (excludes halogenated alkanes) is 5. The standard InChI is InChI=1S/C12H24O5S.H3N/c1-2-3-4-5-6-9-12(13)17-10-7-8-11-18(14,15)16;/h2-11H2,1H3,(H,14,15,16);1H3. The SMILES string of the molecule is CCCCCCCC(=O)OCCCCS(=O)(=O)O.N. The molecular formula is C12H27NO5S. The molecule has 0 spiro atoms. The quantitative estimate of drug-likeness (QED) is 0.344. The van der Waals surface area contributed by atoms with Crippen molar-refractivity contribution in [2.45, 2.75) is 58.3 Å². The Bertz CT molecular complexity index is 316. The van der Waals surface area contributed by atoms with E-state index < -0.39 is 10.1 Å². The van der Waals surface area contributed by atoms with Crippen LogP contribution in [-0.2, 0) is 19.6 Å². The van der Waals surface area contributed by atoms with Crippen LogP contribution in [0.15, 0.2) is 0 Å². The van der Waals surface area contributed by atoms with Crippen molar-refractivity contribution in [3.63, 3.8) is 0 Å². The second-order valence-corrected chi connectivity index (χ2v) is 5.95. The molecule has 0 aliphatic carbocycles. The lowest BCUT2D eigenvalue weighted by atomic mass is 10.1. The summed E-state index contributed by atoms with van der Waals surface area (Å²) >= 11 is 0. The molecule has 0 aromatic carbocycles. The minimum Gasteiger partial charge on any atom is -0.466 e. The van der Waals surface area contributed by atoms with Gasteiger partial charge in [0.15, 0.2) is 0 Å². The average Bonchev–Trinajstić information content (AvgIpc) is 2.27. The number of esters is 1. The summed E-state index contributed by atoms with van der Waals surface area (Å²) in [6.07, 6.45) is 6.63. The van der Waals surface area contributed by atoms with Crippen LogP contribution in [0.2, 0.25) is 0 Å². The molecule has 116 valence electrons. The van der Waals surface area contributed by atoms with Gasteiger partial charge in [0.1, 0.15) is 0 Å². The van der Waals surface area contributed by atoms with Crippen molar-refractivity contribution >= 4 is 16.1 Å². The first kappa shape index (κ1) is 20.7. The van der Waals surface area contributed by atoms with Gasteiger partial charge in [-0.2, -0.15) is 8.42 Å². The highest BCUT2D eigenvalue weighted by Gasteiger charge is 2.05. The van der Waals surface area contributed by atoms with E-state index in [1.165, 1.54) is 12.8 Å². The summed E-state index contributed by atoms with van der Waals surface area (Å²) in [6, 6.07) is 0. The summed E-state index contributed by atoms with van der Waals surface area (Å²) in [7, 11) is -3.89. The van der Waals surface area contributed by atoms with E-state index in [4.69, 9.17) is 9.29 Å². The molecule has 0 unspecified atom stereocenters. The van der Waals surface area contributed by atoms with Crippen LogP contribution < -0.4 is 6.15 Å². The fraction of sp³-hybridized carbons (Fsp3) is 0.917. The summed E-state index contributed by atoms with van der Waals surface area (Å²) in [5.74, 6) is -0.500. The molecule has 0 aromatic heterocycles. The van der Waals surface area contributed by atoms with Crippen LogP contribution in [0.3, 0.4) is 0 Å². The molecular weight excluding hydrogens is 270 g/mol. The molecule has 4 N–H and O–H groups in total. The van der Waals surface area contributed by atoms with Crippen LogP contribution in [0.1, 0.15) is 58.3 Å². The molecule has 6 nitrogen and oxygen atoms in total. The minimum atomic E-state index is -3.89. The van der Waals surface area contributed by atoms with Crippen molar-refractivity contribution in [3.05, 3.63) is 0 Å². The molecule has 0 radical (unpaired) electrons. The molecule has 0 rings (SSSR count). The Balaban J connectivity index is 0. The van der Waals surface area contributed by atoms with Gasteiger partial charge in [-0.3, -0.25) is 9.35 Å². The summed E-state index contributed by atoms with van der Waals surface area (Å²) < 4.78 is 34.2. The van der Waals surface area contributed by atoms with E-state index in [0.717, 1.165) is 19.3 Å². The zero-order valence-electron chi connectivity index (χ0n) is 11.8. The second kappa shape index (κ2) is 12.4. The predicted molar refractivity (Wildman–Crippen MR) is 75.0 cm³/mol. The highest BCUT2D eigenvalue weighted by Crippen LogP contribution is 2.06. The van der Waals surface area contributed by atoms with Crippen LogP contribution in [0.5, 0.6) is 0 Å². The first-order chi connectivity index (χ1) is 8.45. The van der Waals surface area contributed by atoms with Crippen LogP contribution in [0, 0.1) is 0 Å². The topological polar surface area (TPSA) is 116 Å². The van der Waals surface area contributed by atoms with Gasteiger partial charge in [0.25, 0.3) is 10.1 Å². The molecule has 19 heavy (non-hydrogen) atoms. The fourth-order valence-corrected chi connectivity index (χ4v) is 2.09. The average molecular weight is 297 g/mol. The number of hydrogen-bond donors (Lipinski definition) is 2. The summed E-state index contributed by atoms with van der Waals surface area (Å²) in [5.41, 5.74) is 0. The van der Waals surface area contributed by atoms with Gasteiger partial charge in [-0.05, 0) is 19.3 Å². The van der Waals surface area contributed by atoms with E-state index in [0.29, 0.717) is 19.3 Å². The predicted octanol–water partition coefficient (Wildman–Crippen LogP) is 2.72. The van der Waals surface area contributed by atoms with E-state index in [1.807, 2.05) is 0 Å². The van der Waals surface area contributed by atoms with Crippen LogP contribution >= 0.6 is 0 Å². The largest absolute Gasteiger partial charge is 0.466 e. The molecule has 0 atom stereocenters. The van der Waals surface area contributed by atoms with E-state index in [-0.39, 0.29) is 24.5 Å². The molecule has 0 fully saturated rings. The van der Waals surface area contributed by atoms with E-state index >= 15 is 0 Å².